The zero-order chi connectivity index (χ0) is 12.8. The van der Waals surface area contributed by atoms with Crippen molar-refractivity contribution in [1.29, 1.82) is 0 Å². The van der Waals surface area contributed by atoms with Crippen LogP contribution in [0.4, 0.5) is 0 Å². The van der Waals surface area contributed by atoms with Crippen molar-refractivity contribution in [1.82, 2.24) is 19.9 Å². The van der Waals surface area contributed by atoms with Crippen LogP contribution in [0.25, 0.3) is 0 Å². The molecular weight excluding hydrogens is 250 g/mol. The number of nitrogens with zero attached hydrogens (tertiary/aromatic N) is 3. The monoisotopic (exact) mass is 265 g/mol. The van der Waals surface area contributed by atoms with Gasteiger partial charge in [-0.2, -0.15) is 0 Å². The van der Waals surface area contributed by atoms with Crippen LogP contribution in [0.15, 0.2) is 24.1 Å². The lowest BCUT2D eigenvalue weighted by molar-refractivity contribution is 0.0949. The van der Waals surface area contributed by atoms with Crippen LogP contribution in [0.2, 0.25) is 0 Å². The standard InChI is InChI=1S/C11H15N5OS/c12-2-5-16-7-9(15-8-16)11(17)14-3-1-10-13-4-6-18-10/h4,6-8H,1-3,5,12H2,(H,14,17). The van der Waals surface area contributed by atoms with Crippen LogP contribution in [-0.4, -0.2) is 33.5 Å². The second kappa shape index (κ2) is 6.27. The molecule has 0 aromatic carbocycles. The minimum Gasteiger partial charge on any atom is -0.350 e. The van der Waals surface area contributed by atoms with Crippen molar-refractivity contribution in [2.45, 2.75) is 13.0 Å². The third-order valence-corrected chi connectivity index (χ3v) is 3.20. The lowest BCUT2D eigenvalue weighted by atomic mass is 10.4. The van der Waals surface area contributed by atoms with Gasteiger partial charge in [-0.1, -0.05) is 0 Å². The molecule has 1 amide bonds. The average molecular weight is 265 g/mol. The van der Waals surface area contributed by atoms with Crippen LogP contribution in [0.3, 0.4) is 0 Å². The van der Waals surface area contributed by atoms with Gasteiger partial charge in [0.2, 0.25) is 0 Å². The summed E-state index contributed by atoms with van der Waals surface area (Å²) in [5.41, 5.74) is 5.84. The van der Waals surface area contributed by atoms with E-state index >= 15 is 0 Å². The molecule has 0 bridgehead atoms. The highest BCUT2D eigenvalue weighted by atomic mass is 32.1. The number of rotatable bonds is 6. The van der Waals surface area contributed by atoms with Gasteiger partial charge in [0.15, 0.2) is 0 Å². The predicted molar refractivity (Wildman–Crippen MR) is 69.4 cm³/mol. The van der Waals surface area contributed by atoms with Gasteiger partial charge in [0.25, 0.3) is 5.91 Å². The Labute approximate surface area is 109 Å². The topological polar surface area (TPSA) is 85.8 Å². The Morgan fingerprint density at radius 1 is 1.50 bits per heavy atom. The molecule has 0 saturated heterocycles. The summed E-state index contributed by atoms with van der Waals surface area (Å²) >= 11 is 1.59. The molecule has 0 aliphatic carbocycles. The molecule has 0 radical (unpaired) electrons. The molecule has 96 valence electrons. The van der Waals surface area contributed by atoms with E-state index in [0.717, 1.165) is 11.4 Å². The highest BCUT2D eigenvalue weighted by Crippen LogP contribution is 2.03. The first-order valence-corrected chi connectivity index (χ1v) is 6.56. The lowest BCUT2D eigenvalue weighted by Gasteiger charge is -2.01. The summed E-state index contributed by atoms with van der Waals surface area (Å²) in [6.07, 6.45) is 5.82. The first-order chi connectivity index (χ1) is 8.79. The summed E-state index contributed by atoms with van der Waals surface area (Å²) in [4.78, 5) is 19.9. The second-order valence-electron chi connectivity index (χ2n) is 3.72. The van der Waals surface area contributed by atoms with Gasteiger partial charge in [0, 0.05) is 43.8 Å². The highest BCUT2D eigenvalue weighted by Gasteiger charge is 2.08. The van der Waals surface area contributed by atoms with Gasteiger partial charge < -0.3 is 15.6 Å². The highest BCUT2D eigenvalue weighted by molar-refractivity contribution is 7.09. The summed E-state index contributed by atoms with van der Waals surface area (Å²) in [5.74, 6) is -0.165. The van der Waals surface area contributed by atoms with Crippen molar-refractivity contribution < 1.29 is 4.79 Å². The number of thiazole rings is 1. The van der Waals surface area contributed by atoms with Crippen molar-refractivity contribution in [2.24, 2.45) is 5.73 Å². The SMILES string of the molecule is NCCn1cnc(C(=O)NCCc2nccs2)c1. The molecule has 2 rings (SSSR count). The summed E-state index contributed by atoms with van der Waals surface area (Å²) in [6, 6.07) is 0. The lowest BCUT2D eigenvalue weighted by Crippen LogP contribution is -2.26. The van der Waals surface area contributed by atoms with Crippen molar-refractivity contribution in [3.63, 3.8) is 0 Å². The van der Waals surface area contributed by atoms with Crippen LogP contribution in [0.1, 0.15) is 15.5 Å². The fourth-order valence-corrected chi connectivity index (χ4v) is 2.12. The fraction of sp³-hybridized carbons (Fsp3) is 0.364. The van der Waals surface area contributed by atoms with Gasteiger partial charge in [0.05, 0.1) is 11.3 Å². The third-order valence-electron chi connectivity index (χ3n) is 2.36. The van der Waals surface area contributed by atoms with Crippen LogP contribution in [-0.2, 0) is 13.0 Å². The fourth-order valence-electron chi connectivity index (χ4n) is 1.50. The third kappa shape index (κ3) is 3.38. The number of aromatic nitrogens is 3. The molecule has 2 heterocycles. The van der Waals surface area contributed by atoms with Crippen molar-refractivity contribution in [2.75, 3.05) is 13.1 Å². The van der Waals surface area contributed by atoms with E-state index in [4.69, 9.17) is 5.73 Å². The van der Waals surface area contributed by atoms with Gasteiger partial charge >= 0.3 is 0 Å². The van der Waals surface area contributed by atoms with Crippen LogP contribution < -0.4 is 11.1 Å². The van der Waals surface area contributed by atoms with Gasteiger partial charge in [-0.25, -0.2) is 9.97 Å². The minimum absolute atomic E-state index is 0.165. The Morgan fingerprint density at radius 3 is 3.11 bits per heavy atom. The molecule has 0 spiro atoms. The van der Waals surface area contributed by atoms with Crippen molar-refractivity contribution >= 4 is 17.2 Å². The number of hydrogen-bond donors (Lipinski definition) is 2. The van der Waals surface area contributed by atoms with Gasteiger partial charge in [-0.05, 0) is 0 Å². The second-order valence-corrected chi connectivity index (χ2v) is 4.70. The number of carbonyl (C=O) groups excluding carboxylic acids is 1. The number of carbonyl (C=O) groups is 1. The molecule has 7 heteroatoms. The molecule has 3 N–H and O–H groups in total. The summed E-state index contributed by atoms with van der Waals surface area (Å²) in [5, 5.41) is 5.75. The summed E-state index contributed by atoms with van der Waals surface area (Å²) in [7, 11) is 0. The van der Waals surface area contributed by atoms with Crippen LogP contribution >= 0.6 is 11.3 Å². The molecule has 6 nitrogen and oxygen atoms in total. The normalized spacial score (nSPS) is 10.5. The van der Waals surface area contributed by atoms with E-state index < -0.39 is 0 Å². The quantitative estimate of drug-likeness (QED) is 0.785. The smallest absolute Gasteiger partial charge is 0.271 e. The maximum atomic E-state index is 11.8. The summed E-state index contributed by atoms with van der Waals surface area (Å²) < 4.78 is 1.80. The van der Waals surface area contributed by atoms with E-state index in [9.17, 15) is 4.79 Å². The molecular formula is C11H15N5OS. The van der Waals surface area contributed by atoms with E-state index in [-0.39, 0.29) is 5.91 Å². The molecule has 0 aliphatic rings. The number of nitrogens with two attached hydrogens (primary N) is 1. The Kier molecular flexibility index (Phi) is 4.43. The van der Waals surface area contributed by atoms with Gasteiger partial charge in [-0.15, -0.1) is 11.3 Å². The maximum absolute atomic E-state index is 11.8. The maximum Gasteiger partial charge on any atom is 0.271 e. The predicted octanol–water partition coefficient (Wildman–Crippen LogP) is 0.271. The molecule has 0 aliphatic heterocycles. The van der Waals surface area contributed by atoms with Gasteiger partial charge in [-0.3, -0.25) is 4.79 Å². The molecule has 0 atom stereocenters. The first kappa shape index (κ1) is 12.7. The number of imidazole rings is 1. The van der Waals surface area contributed by atoms with E-state index in [1.165, 1.54) is 0 Å². The van der Waals surface area contributed by atoms with E-state index in [2.05, 4.69) is 15.3 Å². The molecule has 0 saturated carbocycles. The Balaban J connectivity index is 1.80. The van der Waals surface area contributed by atoms with E-state index in [0.29, 0.717) is 25.3 Å². The zero-order valence-corrected chi connectivity index (χ0v) is 10.7. The Hall–Kier alpha value is -1.73. The number of nitrogens with one attached hydrogen (secondary N) is 1. The average Bonchev–Trinajstić information content (AvgIpc) is 3.00. The van der Waals surface area contributed by atoms with Gasteiger partial charge in [0.1, 0.15) is 5.69 Å². The first-order valence-electron chi connectivity index (χ1n) is 5.68. The molecule has 0 unspecified atom stereocenters. The Morgan fingerprint density at radius 2 is 2.39 bits per heavy atom. The van der Waals surface area contributed by atoms with E-state index in [1.54, 1.807) is 34.6 Å². The summed E-state index contributed by atoms with van der Waals surface area (Å²) in [6.45, 7) is 1.76. The number of hydrogen-bond acceptors (Lipinski definition) is 5. The molecule has 18 heavy (non-hydrogen) atoms. The zero-order valence-electron chi connectivity index (χ0n) is 9.87. The minimum atomic E-state index is -0.165. The largest absolute Gasteiger partial charge is 0.350 e. The van der Waals surface area contributed by atoms with E-state index in [1.807, 2.05) is 5.38 Å². The van der Waals surface area contributed by atoms with Crippen LogP contribution in [0, 0.1) is 0 Å². The molecule has 0 fully saturated rings. The molecule has 2 aromatic rings. The number of amides is 1. The van der Waals surface area contributed by atoms with Crippen molar-refractivity contribution in [3.05, 3.63) is 34.8 Å². The van der Waals surface area contributed by atoms with Crippen LogP contribution in [0.5, 0.6) is 0 Å². The van der Waals surface area contributed by atoms with Crippen molar-refractivity contribution in [3.8, 4) is 0 Å². The Bertz CT molecular complexity index is 493. The molecule has 2 aromatic heterocycles.